The standard InChI is InChI=1S/C46H60N6O8/c1-43(53-5,54-6)49-33-25-17-13-21-29(33)37-38(30-22-14-18-26-34(30)50-44(2,55-7)56-8)40(32-24-16-20-28-36(32)52-46(4,59-11)60-12)42(48)41(47)39(37)31-23-15-19-27-35(31)51-45(3,57-9)58-10/h13-28,49-52H,47-48H2,1-12H3. The molecule has 60 heavy (non-hydrogen) atoms. The fraction of sp³-hybridized carbons (Fsp3) is 0.348. The smallest absolute Gasteiger partial charge is 0.245 e. The van der Waals surface area contributed by atoms with E-state index in [0.29, 0.717) is 67.5 Å². The van der Waals surface area contributed by atoms with Crippen LogP contribution in [0.15, 0.2) is 97.1 Å². The molecular weight excluding hydrogens is 765 g/mol. The molecule has 322 valence electrons. The van der Waals surface area contributed by atoms with E-state index in [1.165, 1.54) is 0 Å². The van der Waals surface area contributed by atoms with Crippen LogP contribution in [0.5, 0.6) is 0 Å². The fourth-order valence-corrected chi connectivity index (χ4v) is 6.85. The lowest BCUT2D eigenvalue weighted by Gasteiger charge is -2.34. The average Bonchev–Trinajstić information content (AvgIpc) is 3.28. The van der Waals surface area contributed by atoms with Crippen LogP contribution in [-0.4, -0.2) is 80.5 Å². The lowest BCUT2D eigenvalue weighted by atomic mass is 9.79. The number of para-hydroxylation sites is 4. The number of nitrogens with one attached hydrogen (secondary N) is 4. The van der Waals surface area contributed by atoms with Gasteiger partial charge in [-0.2, -0.15) is 0 Å². The number of nitrogen functional groups attached to an aromatic ring is 2. The lowest BCUT2D eigenvalue weighted by Crippen LogP contribution is -2.39. The van der Waals surface area contributed by atoms with Crippen LogP contribution in [0.2, 0.25) is 0 Å². The minimum Gasteiger partial charge on any atom is -0.397 e. The van der Waals surface area contributed by atoms with Crippen molar-refractivity contribution in [1.29, 1.82) is 0 Å². The van der Waals surface area contributed by atoms with Gasteiger partial charge in [0.25, 0.3) is 0 Å². The molecule has 0 atom stereocenters. The van der Waals surface area contributed by atoms with Gasteiger partial charge in [-0.3, -0.25) is 0 Å². The second-order valence-corrected chi connectivity index (χ2v) is 14.4. The highest BCUT2D eigenvalue weighted by Gasteiger charge is 2.34. The van der Waals surface area contributed by atoms with Gasteiger partial charge in [-0.25, -0.2) is 0 Å². The largest absolute Gasteiger partial charge is 0.397 e. The third-order valence-electron chi connectivity index (χ3n) is 10.9. The van der Waals surface area contributed by atoms with E-state index < -0.39 is 23.6 Å². The molecule has 0 aliphatic rings. The summed E-state index contributed by atoms with van der Waals surface area (Å²) in [5.74, 6) is -4.87. The molecule has 0 aromatic heterocycles. The number of nitrogens with two attached hydrogens (primary N) is 2. The van der Waals surface area contributed by atoms with Crippen molar-refractivity contribution in [2.45, 2.75) is 51.3 Å². The van der Waals surface area contributed by atoms with Gasteiger partial charge < -0.3 is 70.6 Å². The molecule has 0 radical (unpaired) electrons. The fourth-order valence-electron chi connectivity index (χ4n) is 6.85. The second-order valence-electron chi connectivity index (χ2n) is 14.4. The number of methoxy groups -OCH3 is 8. The summed E-state index contributed by atoms with van der Waals surface area (Å²) in [5, 5.41) is 13.9. The Bertz CT molecular complexity index is 2080. The summed E-state index contributed by atoms with van der Waals surface area (Å²) in [7, 11) is 12.5. The van der Waals surface area contributed by atoms with E-state index in [1.54, 1.807) is 84.6 Å². The molecule has 8 N–H and O–H groups in total. The van der Waals surface area contributed by atoms with Gasteiger partial charge in [0, 0.05) is 152 Å². The maximum atomic E-state index is 7.47. The highest BCUT2D eigenvalue weighted by atomic mass is 16.7. The zero-order chi connectivity index (χ0) is 43.9. The third-order valence-corrected chi connectivity index (χ3v) is 10.9. The van der Waals surface area contributed by atoms with Crippen molar-refractivity contribution in [3.05, 3.63) is 97.1 Å². The molecule has 0 aliphatic heterocycles. The first-order valence-electron chi connectivity index (χ1n) is 19.3. The summed E-state index contributed by atoms with van der Waals surface area (Å²) in [6.45, 7) is 7.16. The summed E-state index contributed by atoms with van der Waals surface area (Å²) in [6.07, 6.45) is 0. The molecule has 0 saturated heterocycles. The van der Waals surface area contributed by atoms with Gasteiger partial charge in [0.15, 0.2) is 0 Å². The summed E-state index contributed by atoms with van der Waals surface area (Å²) in [4.78, 5) is 0. The molecule has 0 fully saturated rings. The van der Waals surface area contributed by atoms with Crippen molar-refractivity contribution in [2.75, 3.05) is 89.6 Å². The highest BCUT2D eigenvalue weighted by Crippen LogP contribution is 2.57. The van der Waals surface area contributed by atoms with Crippen molar-refractivity contribution >= 4 is 34.1 Å². The van der Waals surface area contributed by atoms with E-state index in [-0.39, 0.29) is 0 Å². The first-order valence-corrected chi connectivity index (χ1v) is 19.3. The monoisotopic (exact) mass is 824 g/mol. The molecule has 0 amide bonds. The van der Waals surface area contributed by atoms with Crippen LogP contribution >= 0.6 is 0 Å². The number of hydrogen-bond donors (Lipinski definition) is 6. The van der Waals surface area contributed by atoms with E-state index in [4.69, 9.17) is 49.4 Å². The maximum Gasteiger partial charge on any atom is 0.245 e. The van der Waals surface area contributed by atoms with E-state index in [9.17, 15) is 0 Å². The van der Waals surface area contributed by atoms with E-state index in [1.807, 2.05) is 97.1 Å². The predicted octanol–water partition coefficient (Wildman–Crippen LogP) is 9.03. The minimum absolute atomic E-state index is 0.311. The van der Waals surface area contributed by atoms with Crippen molar-refractivity contribution in [3.8, 4) is 44.5 Å². The van der Waals surface area contributed by atoms with E-state index in [2.05, 4.69) is 21.3 Å². The minimum atomic E-state index is -1.23. The zero-order valence-corrected chi connectivity index (χ0v) is 36.7. The Kier molecular flexibility index (Phi) is 14.4. The van der Waals surface area contributed by atoms with Crippen molar-refractivity contribution < 1.29 is 37.9 Å². The number of hydrogen-bond acceptors (Lipinski definition) is 14. The van der Waals surface area contributed by atoms with Crippen molar-refractivity contribution in [2.24, 2.45) is 0 Å². The Morgan fingerprint density at radius 3 is 0.700 bits per heavy atom. The summed E-state index contributed by atoms with van der Waals surface area (Å²) >= 11 is 0. The number of ether oxygens (including phenoxy) is 8. The summed E-state index contributed by atoms with van der Waals surface area (Å²) in [5.41, 5.74) is 23.8. The molecule has 5 aromatic rings. The Morgan fingerprint density at radius 2 is 0.500 bits per heavy atom. The Labute approximate surface area is 353 Å². The molecule has 0 aliphatic carbocycles. The molecule has 5 aromatic carbocycles. The summed E-state index contributed by atoms with van der Waals surface area (Å²) in [6, 6.07) is 31.3. The van der Waals surface area contributed by atoms with Gasteiger partial charge in [-0.1, -0.05) is 72.8 Å². The van der Waals surface area contributed by atoms with E-state index >= 15 is 0 Å². The molecule has 0 bridgehead atoms. The zero-order valence-electron chi connectivity index (χ0n) is 36.7. The topological polar surface area (TPSA) is 174 Å². The average molecular weight is 825 g/mol. The van der Waals surface area contributed by atoms with Gasteiger partial charge in [-0.15, -0.1) is 0 Å². The van der Waals surface area contributed by atoms with Gasteiger partial charge in [0.1, 0.15) is 0 Å². The quantitative estimate of drug-likeness (QED) is 0.0324. The second kappa shape index (κ2) is 18.9. The first kappa shape index (κ1) is 45.7. The van der Waals surface area contributed by atoms with E-state index in [0.717, 1.165) is 11.1 Å². The van der Waals surface area contributed by atoms with Gasteiger partial charge in [0.05, 0.1) is 11.4 Å². The number of anilines is 6. The molecule has 0 unspecified atom stereocenters. The highest BCUT2D eigenvalue weighted by molar-refractivity contribution is 6.16. The SMILES string of the molecule is COC(C)(Nc1ccccc1-c1c(N)c(N)c(-c2ccccc2NC(C)(OC)OC)c(-c2ccccc2NC(C)(OC)OC)c1-c1ccccc1NC(C)(OC)OC)OC. The maximum absolute atomic E-state index is 7.47. The van der Waals surface area contributed by atoms with Gasteiger partial charge in [-0.05, 0) is 24.3 Å². The molecule has 0 heterocycles. The Morgan fingerprint density at radius 1 is 0.317 bits per heavy atom. The van der Waals surface area contributed by atoms with Gasteiger partial charge >= 0.3 is 0 Å². The summed E-state index contributed by atoms with van der Waals surface area (Å²) < 4.78 is 46.5. The molecule has 14 nitrogen and oxygen atoms in total. The Balaban J connectivity index is 2.10. The van der Waals surface area contributed by atoms with Crippen LogP contribution in [0, 0.1) is 0 Å². The molecule has 14 heteroatoms. The van der Waals surface area contributed by atoms with Crippen LogP contribution in [0.1, 0.15) is 27.7 Å². The van der Waals surface area contributed by atoms with Crippen LogP contribution < -0.4 is 32.7 Å². The molecular formula is C46H60N6O8. The van der Waals surface area contributed by atoms with Crippen LogP contribution in [-0.2, 0) is 37.9 Å². The molecule has 5 rings (SSSR count). The lowest BCUT2D eigenvalue weighted by molar-refractivity contribution is -0.171. The Hall–Kier alpha value is -5.42. The van der Waals surface area contributed by atoms with Crippen molar-refractivity contribution in [3.63, 3.8) is 0 Å². The van der Waals surface area contributed by atoms with Crippen LogP contribution in [0.25, 0.3) is 44.5 Å². The predicted molar refractivity (Wildman–Crippen MR) is 241 cm³/mol. The molecule has 0 spiro atoms. The molecule has 0 saturated carbocycles. The normalized spacial score (nSPS) is 12.3. The third kappa shape index (κ3) is 9.31. The first-order chi connectivity index (χ1) is 28.6. The number of benzene rings is 5. The van der Waals surface area contributed by atoms with Crippen LogP contribution in [0.3, 0.4) is 0 Å². The van der Waals surface area contributed by atoms with Crippen LogP contribution in [0.4, 0.5) is 34.1 Å². The number of rotatable bonds is 20. The van der Waals surface area contributed by atoms with Gasteiger partial charge in [0.2, 0.25) is 23.6 Å². The van der Waals surface area contributed by atoms with Crippen molar-refractivity contribution in [1.82, 2.24) is 0 Å².